The normalized spacial score (nSPS) is 21.4. The van der Waals surface area contributed by atoms with Crippen LogP contribution in [0.3, 0.4) is 0 Å². The molecule has 184 valence electrons. The minimum absolute atomic E-state index is 0.110. The number of aromatic nitrogens is 2. The lowest BCUT2D eigenvalue weighted by molar-refractivity contribution is -0.192. The Hall–Kier alpha value is -2.67. The summed E-state index contributed by atoms with van der Waals surface area (Å²) >= 11 is 0. The Balaban J connectivity index is 0.000000383. The van der Waals surface area contributed by atoms with Gasteiger partial charge in [-0.2, -0.15) is 13.2 Å². The maximum Gasteiger partial charge on any atom is 0.490 e. The van der Waals surface area contributed by atoms with Crippen molar-refractivity contribution >= 4 is 17.7 Å². The molecular weight excluding hydrogens is 449 g/mol. The average molecular weight is 476 g/mol. The monoisotopic (exact) mass is 476 g/mol. The molecule has 3 aliphatic heterocycles. The lowest BCUT2D eigenvalue weighted by atomic mass is 9.81. The summed E-state index contributed by atoms with van der Waals surface area (Å²) in [7, 11) is 1.60. The molecule has 1 unspecified atom stereocenters. The summed E-state index contributed by atoms with van der Waals surface area (Å²) in [4.78, 5) is 33.4. The van der Waals surface area contributed by atoms with E-state index in [0.717, 1.165) is 57.9 Å². The zero-order valence-corrected chi connectivity index (χ0v) is 18.2. The van der Waals surface area contributed by atoms with Crippen LogP contribution in [0.4, 0.5) is 19.0 Å². The van der Waals surface area contributed by atoms with Gasteiger partial charge >= 0.3 is 12.1 Å². The summed E-state index contributed by atoms with van der Waals surface area (Å²) in [5.74, 6) is -0.925. The van der Waals surface area contributed by atoms with E-state index in [0.29, 0.717) is 18.4 Å². The lowest BCUT2D eigenvalue weighted by Gasteiger charge is -2.50. The number of nitrogens with zero attached hydrogens (tertiary/aromatic N) is 4. The van der Waals surface area contributed by atoms with E-state index in [2.05, 4.69) is 14.9 Å². The van der Waals surface area contributed by atoms with E-state index in [1.165, 1.54) is 6.33 Å². The molecule has 1 N–H and O–H groups in total. The number of hydrogen-bond donors (Lipinski definition) is 1. The molecular formula is C20H27F3N4O6. The summed E-state index contributed by atoms with van der Waals surface area (Å²) < 4.78 is 48.7. The van der Waals surface area contributed by atoms with Gasteiger partial charge < -0.3 is 29.1 Å². The van der Waals surface area contributed by atoms with Gasteiger partial charge in [0.2, 0.25) is 11.8 Å². The first kappa shape index (κ1) is 25.0. The van der Waals surface area contributed by atoms with Crippen LogP contribution in [0.1, 0.15) is 19.3 Å². The number of rotatable bonds is 6. The number of aliphatic carboxylic acids is 1. The molecule has 1 atom stereocenters. The highest BCUT2D eigenvalue weighted by Gasteiger charge is 2.53. The standard InChI is InChI=1S/C18H26N4O4.C2HF3O2/c1-24-16-8-15(19-13-20-16)22-11-18(12-22)14(4-7-26-18)9-25-10-17(23)21-5-2-3-6-21;3-2(4,5)1(6)7/h8,13-14H,2-7,9-12H2,1H3;(H,6,7). The summed E-state index contributed by atoms with van der Waals surface area (Å²) in [6.07, 6.45) is -0.387. The molecule has 13 heteroatoms. The number of carboxylic acids is 1. The Morgan fingerprint density at radius 2 is 1.94 bits per heavy atom. The van der Waals surface area contributed by atoms with Crippen LogP contribution in [-0.4, -0.2) is 96.7 Å². The van der Waals surface area contributed by atoms with Gasteiger partial charge in [0.05, 0.1) is 26.8 Å². The first-order valence-corrected chi connectivity index (χ1v) is 10.6. The van der Waals surface area contributed by atoms with Crippen molar-refractivity contribution in [3.8, 4) is 5.88 Å². The molecule has 3 saturated heterocycles. The maximum absolute atomic E-state index is 12.1. The second-order valence-electron chi connectivity index (χ2n) is 8.08. The van der Waals surface area contributed by atoms with Crippen LogP contribution in [0.2, 0.25) is 0 Å². The summed E-state index contributed by atoms with van der Waals surface area (Å²) in [5, 5.41) is 7.12. The molecule has 1 aromatic rings. The van der Waals surface area contributed by atoms with Crippen LogP contribution in [0.15, 0.2) is 12.4 Å². The van der Waals surface area contributed by atoms with Crippen LogP contribution in [0, 0.1) is 5.92 Å². The number of carboxylic acid groups (broad SMARTS) is 1. The van der Waals surface area contributed by atoms with Gasteiger partial charge in [-0.15, -0.1) is 0 Å². The van der Waals surface area contributed by atoms with E-state index in [-0.39, 0.29) is 18.1 Å². The number of ether oxygens (including phenoxy) is 3. The van der Waals surface area contributed by atoms with Gasteiger partial charge in [0, 0.05) is 31.7 Å². The molecule has 1 amide bonds. The highest BCUT2D eigenvalue weighted by Crippen LogP contribution is 2.41. The molecule has 1 aromatic heterocycles. The second kappa shape index (κ2) is 10.5. The predicted octanol–water partition coefficient (Wildman–Crippen LogP) is 1.35. The molecule has 33 heavy (non-hydrogen) atoms. The van der Waals surface area contributed by atoms with Gasteiger partial charge in [-0.25, -0.2) is 14.8 Å². The average Bonchev–Trinajstić information content (AvgIpc) is 3.43. The highest BCUT2D eigenvalue weighted by atomic mass is 19.4. The van der Waals surface area contributed by atoms with Gasteiger partial charge in [0.1, 0.15) is 24.4 Å². The fourth-order valence-corrected chi connectivity index (χ4v) is 4.09. The first-order valence-electron chi connectivity index (χ1n) is 10.6. The molecule has 0 bridgehead atoms. The van der Waals surface area contributed by atoms with Gasteiger partial charge in [-0.1, -0.05) is 0 Å². The van der Waals surface area contributed by atoms with Crippen molar-refractivity contribution in [2.45, 2.75) is 31.0 Å². The van der Waals surface area contributed by atoms with E-state index in [9.17, 15) is 18.0 Å². The third-order valence-corrected chi connectivity index (χ3v) is 5.92. The molecule has 3 aliphatic rings. The summed E-state index contributed by atoms with van der Waals surface area (Å²) in [6, 6.07) is 1.84. The Kier molecular flexibility index (Phi) is 7.95. The van der Waals surface area contributed by atoms with Crippen molar-refractivity contribution in [2.75, 3.05) is 58.0 Å². The van der Waals surface area contributed by atoms with Crippen LogP contribution < -0.4 is 9.64 Å². The summed E-state index contributed by atoms with van der Waals surface area (Å²) in [6.45, 7) is 4.80. The largest absolute Gasteiger partial charge is 0.490 e. The number of carbonyl (C=O) groups is 2. The van der Waals surface area contributed by atoms with E-state index in [4.69, 9.17) is 24.1 Å². The quantitative estimate of drug-likeness (QED) is 0.650. The number of hydrogen-bond acceptors (Lipinski definition) is 8. The third-order valence-electron chi connectivity index (χ3n) is 5.92. The van der Waals surface area contributed by atoms with Crippen molar-refractivity contribution in [1.82, 2.24) is 14.9 Å². The second-order valence-corrected chi connectivity index (χ2v) is 8.08. The van der Waals surface area contributed by atoms with E-state index in [1.54, 1.807) is 7.11 Å². The number of alkyl halides is 3. The topological polar surface area (TPSA) is 114 Å². The van der Waals surface area contributed by atoms with Crippen LogP contribution in [0.25, 0.3) is 0 Å². The number of anilines is 1. The van der Waals surface area contributed by atoms with Crippen LogP contribution in [0.5, 0.6) is 5.88 Å². The Bertz CT molecular complexity index is 828. The minimum Gasteiger partial charge on any atom is -0.481 e. The smallest absolute Gasteiger partial charge is 0.481 e. The zero-order valence-electron chi connectivity index (χ0n) is 18.2. The molecule has 4 heterocycles. The van der Waals surface area contributed by atoms with Gasteiger partial charge in [-0.05, 0) is 19.3 Å². The van der Waals surface area contributed by atoms with Gasteiger partial charge in [-0.3, -0.25) is 4.79 Å². The summed E-state index contributed by atoms with van der Waals surface area (Å²) in [5.41, 5.74) is -0.186. The lowest BCUT2D eigenvalue weighted by Crippen LogP contribution is -2.65. The molecule has 3 fully saturated rings. The van der Waals surface area contributed by atoms with Crippen molar-refractivity contribution in [3.05, 3.63) is 12.4 Å². The fraction of sp³-hybridized carbons (Fsp3) is 0.700. The number of carbonyl (C=O) groups excluding carboxylic acids is 1. The van der Waals surface area contributed by atoms with E-state index >= 15 is 0 Å². The van der Waals surface area contributed by atoms with Crippen LogP contribution >= 0.6 is 0 Å². The molecule has 0 radical (unpaired) electrons. The number of amides is 1. The minimum atomic E-state index is -5.08. The van der Waals surface area contributed by atoms with Gasteiger partial charge in [0.25, 0.3) is 0 Å². The Morgan fingerprint density at radius 3 is 2.55 bits per heavy atom. The Labute approximate surface area is 188 Å². The van der Waals surface area contributed by atoms with Gasteiger partial charge in [0.15, 0.2) is 0 Å². The van der Waals surface area contributed by atoms with Crippen LogP contribution in [-0.2, 0) is 19.1 Å². The molecule has 0 aliphatic carbocycles. The fourth-order valence-electron chi connectivity index (χ4n) is 4.09. The molecule has 4 rings (SSSR count). The van der Waals surface area contributed by atoms with Crippen molar-refractivity contribution in [2.24, 2.45) is 5.92 Å². The number of likely N-dealkylation sites (tertiary alicyclic amines) is 1. The zero-order chi connectivity index (χ0) is 24.1. The predicted molar refractivity (Wildman–Crippen MR) is 108 cm³/mol. The van der Waals surface area contributed by atoms with E-state index < -0.39 is 12.1 Å². The molecule has 1 spiro atoms. The van der Waals surface area contributed by atoms with Crippen molar-refractivity contribution in [1.29, 1.82) is 0 Å². The molecule has 0 saturated carbocycles. The highest BCUT2D eigenvalue weighted by molar-refractivity contribution is 5.77. The Morgan fingerprint density at radius 1 is 1.27 bits per heavy atom. The van der Waals surface area contributed by atoms with Crippen molar-refractivity contribution in [3.63, 3.8) is 0 Å². The number of halogens is 3. The molecule has 10 nitrogen and oxygen atoms in total. The SMILES string of the molecule is COc1cc(N2CC3(C2)OCCC3COCC(=O)N2CCCC2)ncn1.O=C(O)C(F)(F)F. The number of methoxy groups -OCH3 is 1. The molecule has 0 aromatic carbocycles. The van der Waals surface area contributed by atoms with Crippen molar-refractivity contribution < 1.29 is 42.1 Å². The third kappa shape index (κ3) is 6.22. The van der Waals surface area contributed by atoms with E-state index in [1.807, 2.05) is 11.0 Å². The maximum atomic E-state index is 12.1. The first-order chi connectivity index (χ1) is 15.6.